The van der Waals surface area contributed by atoms with Gasteiger partial charge in [-0.3, -0.25) is 4.79 Å². The van der Waals surface area contributed by atoms with E-state index in [-0.39, 0.29) is 5.91 Å². The fourth-order valence-electron chi connectivity index (χ4n) is 2.77. The lowest BCUT2D eigenvalue weighted by atomic mass is 10.1. The molecular weight excluding hydrogens is 326 g/mol. The lowest BCUT2D eigenvalue weighted by Gasteiger charge is -2.10. The van der Waals surface area contributed by atoms with E-state index in [0.717, 1.165) is 23.4 Å². The van der Waals surface area contributed by atoms with Crippen molar-refractivity contribution in [3.63, 3.8) is 0 Å². The first-order valence-electron chi connectivity index (χ1n) is 8.78. The normalized spacial score (nSPS) is 10.5. The number of ether oxygens (including phenoxy) is 1. The minimum atomic E-state index is -0.0655. The molecule has 26 heavy (non-hydrogen) atoms. The summed E-state index contributed by atoms with van der Waals surface area (Å²) in [6, 6.07) is 15.6. The molecule has 5 nitrogen and oxygen atoms in total. The maximum Gasteiger partial charge on any atom is 0.251 e. The Kier molecular flexibility index (Phi) is 5.69. The highest BCUT2D eigenvalue weighted by atomic mass is 16.5. The van der Waals surface area contributed by atoms with Crippen LogP contribution >= 0.6 is 0 Å². The first-order chi connectivity index (χ1) is 12.7. The molecule has 1 heterocycles. The molecule has 3 rings (SSSR count). The highest BCUT2D eigenvalue weighted by molar-refractivity contribution is 5.94. The van der Waals surface area contributed by atoms with Gasteiger partial charge in [-0.25, -0.2) is 4.68 Å². The summed E-state index contributed by atoms with van der Waals surface area (Å²) in [6.07, 6.45) is 4.45. The predicted molar refractivity (Wildman–Crippen MR) is 102 cm³/mol. The van der Waals surface area contributed by atoms with Crippen molar-refractivity contribution in [3.05, 3.63) is 77.6 Å². The van der Waals surface area contributed by atoms with E-state index in [9.17, 15) is 4.79 Å². The van der Waals surface area contributed by atoms with Gasteiger partial charge in [0, 0.05) is 24.5 Å². The van der Waals surface area contributed by atoms with Crippen molar-refractivity contribution < 1.29 is 9.53 Å². The van der Waals surface area contributed by atoms with Crippen LogP contribution in [0.2, 0.25) is 0 Å². The Balaban J connectivity index is 1.53. The summed E-state index contributed by atoms with van der Waals surface area (Å²) in [7, 11) is 0. The second kappa shape index (κ2) is 8.34. The summed E-state index contributed by atoms with van der Waals surface area (Å²) >= 11 is 0. The van der Waals surface area contributed by atoms with Gasteiger partial charge in [-0.1, -0.05) is 12.1 Å². The zero-order valence-electron chi connectivity index (χ0n) is 15.1. The van der Waals surface area contributed by atoms with Crippen LogP contribution in [0, 0.1) is 6.92 Å². The van der Waals surface area contributed by atoms with Gasteiger partial charge in [-0.2, -0.15) is 5.10 Å². The number of aromatic nitrogens is 2. The third kappa shape index (κ3) is 4.30. The van der Waals surface area contributed by atoms with Gasteiger partial charge in [-0.05, 0) is 67.8 Å². The molecule has 1 aromatic heterocycles. The molecule has 5 heteroatoms. The summed E-state index contributed by atoms with van der Waals surface area (Å²) in [5, 5.41) is 7.18. The second-order valence-electron chi connectivity index (χ2n) is 6.04. The standard InChI is InChI=1S/C21H23N3O2/c1-3-26-20-10-7-18(15-16(20)2)21(25)22-13-11-17-5-8-19(9-6-17)24-14-4-12-23-24/h4-10,12,14-15H,3,11,13H2,1-2H3,(H,22,25). The Bertz CT molecular complexity index is 855. The molecule has 0 bridgehead atoms. The molecule has 134 valence electrons. The topological polar surface area (TPSA) is 56.1 Å². The largest absolute Gasteiger partial charge is 0.494 e. The van der Waals surface area contributed by atoms with E-state index in [2.05, 4.69) is 22.5 Å². The van der Waals surface area contributed by atoms with E-state index < -0.39 is 0 Å². The smallest absolute Gasteiger partial charge is 0.251 e. The lowest BCUT2D eigenvalue weighted by molar-refractivity contribution is 0.0954. The molecule has 0 radical (unpaired) electrons. The molecular formula is C21H23N3O2. The molecule has 0 saturated carbocycles. The maximum atomic E-state index is 12.3. The number of aryl methyl sites for hydroxylation is 1. The van der Waals surface area contributed by atoms with Crippen LogP contribution in [0.15, 0.2) is 60.9 Å². The van der Waals surface area contributed by atoms with Crippen molar-refractivity contribution in [2.24, 2.45) is 0 Å². The van der Waals surface area contributed by atoms with Crippen LogP contribution in [-0.2, 0) is 6.42 Å². The van der Waals surface area contributed by atoms with Crippen molar-refractivity contribution in [1.82, 2.24) is 15.1 Å². The number of nitrogens with zero attached hydrogens (tertiary/aromatic N) is 2. The third-order valence-electron chi connectivity index (χ3n) is 4.14. The molecule has 0 aliphatic carbocycles. The predicted octanol–water partition coefficient (Wildman–Crippen LogP) is 3.55. The molecule has 2 aromatic carbocycles. The van der Waals surface area contributed by atoms with Crippen LogP contribution in [-0.4, -0.2) is 28.8 Å². The first kappa shape index (κ1) is 17.7. The highest BCUT2D eigenvalue weighted by Gasteiger charge is 2.08. The fourth-order valence-corrected chi connectivity index (χ4v) is 2.77. The number of hydrogen-bond acceptors (Lipinski definition) is 3. The summed E-state index contributed by atoms with van der Waals surface area (Å²) < 4.78 is 7.33. The van der Waals surface area contributed by atoms with Crippen LogP contribution in [0.5, 0.6) is 5.75 Å². The van der Waals surface area contributed by atoms with Gasteiger partial charge in [0.15, 0.2) is 0 Å². The van der Waals surface area contributed by atoms with Crippen LogP contribution in [0.1, 0.15) is 28.4 Å². The molecule has 0 aliphatic rings. The van der Waals surface area contributed by atoms with Gasteiger partial charge in [0.25, 0.3) is 5.91 Å². The van der Waals surface area contributed by atoms with Crippen LogP contribution in [0.4, 0.5) is 0 Å². The molecule has 1 N–H and O–H groups in total. The van der Waals surface area contributed by atoms with Gasteiger partial charge in [-0.15, -0.1) is 0 Å². The maximum absolute atomic E-state index is 12.3. The zero-order valence-corrected chi connectivity index (χ0v) is 15.1. The van der Waals surface area contributed by atoms with Crippen LogP contribution in [0.3, 0.4) is 0 Å². The molecule has 3 aromatic rings. The Labute approximate surface area is 153 Å². The van der Waals surface area contributed by atoms with Gasteiger partial charge in [0.2, 0.25) is 0 Å². The summed E-state index contributed by atoms with van der Waals surface area (Å²) in [6.45, 7) is 5.10. The number of amides is 1. The van der Waals surface area contributed by atoms with E-state index in [1.165, 1.54) is 5.56 Å². The van der Waals surface area contributed by atoms with E-state index in [1.54, 1.807) is 12.3 Å². The molecule has 0 atom stereocenters. The number of rotatable bonds is 7. The summed E-state index contributed by atoms with van der Waals surface area (Å²) in [5.74, 6) is 0.755. The van der Waals surface area contributed by atoms with Gasteiger partial charge in [0.05, 0.1) is 12.3 Å². The molecule has 0 aliphatic heterocycles. The van der Waals surface area contributed by atoms with E-state index in [0.29, 0.717) is 18.7 Å². The quantitative estimate of drug-likeness (QED) is 0.710. The number of benzene rings is 2. The van der Waals surface area contributed by atoms with Crippen molar-refractivity contribution in [2.75, 3.05) is 13.2 Å². The van der Waals surface area contributed by atoms with Crippen molar-refractivity contribution >= 4 is 5.91 Å². The van der Waals surface area contributed by atoms with E-state index in [1.807, 2.05) is 55.1 Å². The minimum absolute atomic E-state index is 0.0655. The second-order valence-corrected chi connectivity index (χ2v) is 6.04. The summed E-state index contributed by atoms with van der Waals surface area (Å²) in [4.78, 5) is 12.3. The SMILES string of the molecule is CCOc1ccc(C(=O)NCCc2ccc(-n3cccn3)cc2)cc1C. The number of carbonyl (C=O) groups is 1. The van der Waals surface area contributed by atoms with Gasteiger partial charge in [0.1, 0.15) is 5.75 Å². The van der Waals surface area contributed by atoms with E-state index >= 15 is 0 Å². The van der Waals surface area contributed by atoms with Crippen LogP contribution < -0.4 is 10.1 Å². The molecule has 0 spiro atoms. The van der Waals surface area contributed by atoms with E-state index in [4.69, 9.17) is 4.74 Å². The zero-order chi connectivity index (χ0) is 18.4. The Morgan fingerprint density at radius 1 is 1.19 bits per heavy atom. The van der Waals surface area contributed by atoms with Crippen molar-refractivity contribution in [2.45, 2.75) is 20.3 Å². The molecule has 0 fully saturated rings. The van der Waals surface area contributed by atoms with Gasteiger partial charge < -0.3 is 10.1 Å². The van der Waals surface area contributed by atoms with Crippen molar-refractivity contribution in [1.29, 1.82) is 0 Å². The van der Waals surface area contributed by atoms with Crippen molar-refractivity contribution in [3.8, 4) is 11.4 Å². The lowest BCUT2D eigenvalue weighted by Crippen LogP contribution is -2.25. The van der Waals surface area contributed by atoms with Crippen LogP contribution in [0.25, 0.3) is 5.69 Å². The molecule has 0 saturated heterocycles. The first-order valence-corrected chi connectivity index (χ1v) is 8.78. The number of carbonyl (C=O) groups excluding carboxylic acids is 1. The molecule has 1 amide bonds. The Morgan fingerprint density at radius 2 is 2.00 bits per heavy atom. The minimum Gasteiger partial charge on any atom is -0.494 e. The fraction of sp³-hybridized carbons (Fsp3) is 0.238. The average Bonchev–Trinajstić information content (AvgIpc) is 3.19. The Morgan fingerprint density at radius 3 is 2.65 bits per heavy atom. The van der Waals surface area contributed by atoms with Gasteiger partial charge >= 0.3 is 0 Å². The Hall–Kier alpha value is -3.08. The number of nitrogens with one attached hydrogen (secondary N) is 1. The highest BCUT2D eigenvalue weighted by Crippen LogP contribution is 2.19. The average molecular weight is 349 g/mol. The molecule has 0 unspecified atom stereocenters. The summed E-state index contributed by atoms with van der Waals surface area (Å²) in [5.41, 5.74) is 3.81. The number of hydrogen-bond donors (Lipinski definition) is 1. The monoisotopic (exact) mass is 349 g/mol. The third-order valence-corrected chi connectivity index (χ3v) is 4.14.